The Bertz CT molecular complexity index is 954. The van der Waals surface area contributed by atoms with E-state index in [0.29, 0.717) is 0 Å². The highest BCUT2D eigenvalue weighted by atomic mass is 16.5. The lowest BCUT2D eigenvalue weighted by Crippen LogP contribution is -1.90. The molecule has 138 valence electrons. The van der Waals surface area contributed by atoms with E-state index in [1.54, 1.807) is 7.11 Å². The van der Waals surface area contributed by atoms with Crippen molar-refractivity contribution in [3.8, 4) is 28.0 Å². The Hall–Kier alpha value is -3.00. The molecule has 0 saturated carbocycles. The first-order valence-electron chi connectivity index (χ1n) is 9.17. The van der Waals surface area contributed by atoms with Gasteiger partial charge in [0, 0.05) is 11.1 Å². The number of hydrogen-bond acceptors (Lipinski definition) is 2. The Balaban J connectivity index is 2.30. The van der Waals surface area contributed by atoms with E-state index in [9.17, 15) is 0 Å². The van der Waals surface area contributed by atoms with Crippen LogP contribution in [0.3, 0.4) is 0 Å². The lowest BCUT2D eigenvalue weighted by molar-refractivity contribution is 0.415. The number of hydrogen-bond donors (Lipinski definition) is 0. The number of benzene rings is 2. The van der Waals surface area contributed by atoms with Crippen LogP contribution in [0.25, 0.3) is 27.8 Å². The number of ether oxygens (including phenoxy) is 1. The molecule has 0 radical (unpaired) electrons. The van der Waals surface area contributed by atoms with Crippen molar-refractivity contribution in [2.24, 2.45) is 0 Å². The minimum absolute atomic E-state index is 0.775. The molecular formula is C25H26O2. The fourth-order valence-corrected chi connectivity index (χ4v) is 3.41. The van der Waals surface area contributed by atoms with Gasteiger partial charge < -0.3 is 9.15 Å². The highest BCUT2D eigenvalue weighted by Crippen LogP contribution is 2.44. The van der Waals surface area contributed by atoms with E-state index in [1.807, 2.05) is 31.2 Å². The van der Waals surface area contributed by atoms with E-state index in [2.05, 4.69) is 56.8 Å². The molecule has 2 heteroatoms. The highest BCUT2D eigenvalue weighted by Gasteiger charge is 2.23. The molecule has 0 spiro atoms. The summed E-state index contributed by atoms with van der Waals surface area (Å²) in [6, 6.07) is 18.6. The highest BCUT2D eigenvalue weighted by molar-refractivity contribution is 5.92. The largest absolute Gasteiger partial charge is 0.497 e. The summed E-state index contributed by atoms with van der Waals surface area (Å²) >= 11 is 0. The van der Waals surface area contributed by atoms with Gasteiger partial charge in [-0.1, -0.05) is 54.1 Å². The lowest BCUT2D eigenvalue weighted by atomic mass is 9.91. The molecule has 0 unspecified atom stereocenters. The third-order valence-electron chi connectivity index (χ3n) is 4.75. The first kappa shape index (κ1) is 18.8. The molecular weight excluding hydrogens is 332 g/mol. The van der Waals surface area contributed by atoms with Crippen molar-refractivity contribution < 1.29 is 9.15 Å². The minimum Gasteiger partial charge on any atom is -0.497 e. The molecule has 2 nitrogen and oxygen atoms in total. The monoisotopic (exact) mass is 358 g/mol. The van der Waals surface area contributed by atoms with Crippen molar-refractivity contribution in [1.29, 1.82) is 0 Å². The van der Waals surface area contributed by atoms with Gasteiger partial charge in [0.2, 0.25) is 0 Å². The second-order valence-electron chi connectivity index (χ2n) is 6.80. The van der Waals surface area contributed by atoms with Gasteiger partial charge in [-0.25, -0.2) is 0 Å². The fraction of sp³-hybridized carbons (Fsp3) is 0.200. The third-order valence-corrected chi connectivity index (χ3v) is 4.75. The summed E-state index contributed by atoms with van der Waals surface area (Å²) in [4.78, 5) is 0. The summed E-state index contributed by atoms with van der Waals surface area (Å²) in [5.74, 6) is 2.69. The van der Waals surface area contributed by atoms with E-state index in [4.69, 9.17) is 9.15 Å². The van der Waals surface area contributed by atoms with Crippen LogP contribution in [0.2, 0.25) is 0 Å². The number of allylic oxidation sites excluding steroid dienone is 3. The van der Waals surface area contributed by atoms with Crippen LogP contribution in [0.1, 0.15) is 31.8 Å². The van der Waals surface area contributed by atoms with Crippen molar-refractivity contribution in [2.45, 2.75) is 27.2 Å². The predicted molar refractivity (Wildman–Crippen MR) is 114 cm³/mol. The van der Waals surface area contributed by atoms with Crippen LogP contribution < -0.4 is 4.74 Å². The molecule has 3 aromatic rings. The number of rotatable bonds is 6. The van der Waals surface area contributed by atoms with Crippen molar-refractivity contribution in [3.05, 3.63) is 84.3 Å². The van der Waals surface area contributed by atoms with E-state index in [-0.39, 0.29) is 0 Å². The van der Waals surface area contributed by atoms with Crippen LogP contribution in [-0.2, 0) is 0 Å². The van der Waals surface area contributed by atoms with Crippen LogP contribution >= 0.6 is 0 Å². The van der Waals surface area contributed by atoms with Crippen molar-refractivity contribution >= 4 is 5.57 Å². The predicted octanol–water partition coefficient (Wildman–Crippen LogP) is 7.30. The van der Waals surface area contributed by atoms with Gasteiger partial charge >= 0.3 is 0 Å². The summed E-state index contributed by atoms with van der Waals surface area (Å²) in [5.41, 5.74) is 6.96. The van der Waals surface area contributed by atoms with Gasteiger partial charge in [-0.15, -0.1) is 6.58 Å². The molecule has 1 aromatic heterocycles. The Morgan fingerprint density at radius 2 is 1.59 bits per heavy atom. The molecule has 0 bridgehead atoms. The fourth-order valence-electron chi connectivity index (χ4n) is 3.41. The average molecular weight is 358 g/mol. The summed E-state index contributed by atoms with van der Waals surface area (Å²) in [6.07, 6.45) is 2.71. The van der Waals surface area contributed by atoms with Crippen LogP contribution in [-0.4, -0.2) is 7.11 Å². The molecule has 0 saturated heterocycles. The first-order chi connectivity index (χ1) is 13.1. The molecule has 2 aromatic carbocycles. The zero-order valence-corrected chi connectivity index (χ0v) is 16.5. The molecule has 3 rings (SSSR count). The van der Waals surface area contributed by atoms with Crippen LogP contribution in [0.15, 0.2) is 77.2 Å². The number of aryl methyl sites for hydroxylation is 1. The quantitative estimate of drug-likeness (QED) is 0.431. The average Bonchev–Trinajstić information content (AvgIpc) is 3.03. The number of methoxy groups -OCH3 is 1. The van der Waals surface area contributed by atoms with Crippen LogP contribution in [0, 0.1) is 6.92 Å². The summed E-state index contributed by atoms with van der Waals surface area (Å²) in [5, 5.41) is 0. The van der Waals surface area contributed by atoms with Crippen LogP contribution in [0.5, 0.6) is 5.75 Å². The molecule has 27 heavy (non-hydrogen) atoms. The molecule has 0 fully saturated rings. The summed E-state index contributed by atoms with van der Waals surface area (Å²) in [6.45, 7) is 10.2. The SMILES string of the molecule is C=CCC(=C(C)C)c1oc(C)c(-c2ccc(OC)cc2)c1-c1ccccc1. The molecule has 0 atom stereocenters. The molecule has 0 amide bonds. The zero-order chi connectivity index (χ0) is 19.4. The van der Waals surface area contributed by atoms with Gasteiger partial charge in [-0.2, -0.15) is 0 Å². The lowest BCUT2D eigenvalue weighted by Gasteiger charge is -2.11. The molecule has 0 aliphatic heterocycles. The van der Waals surface area contributed by atoms with Crippen molar-refractivity contribution in [3.63, 3.8) is 0 Å². The maximum absolute atomic E-state index is 6.35. The molecule has 0 aliphatic carbocycles. The molecule has 0 N–H and O–H groups in total. The summed E-state index contributed by atoms with van der Waals surface area (Å²) in [7, 11) is 1.68. The standard InChI is InChI=1S/C25H26O2/c1-6-10-22(17(2)3)25-24(19-11-8-7-9-12-19)23(18(4)27-25)20-13-15-21(26-5)16-14-20/h6-9,11-16H,1,10H2,2-5H3. The number of furan rings is 1. The Morgan fingerprint density at radius 3 is 2.15 bits per heavy atom. The third kappa shape index (κ3) is 3.75. The maximum atomic E-state index is 6.35. The maximum Gasteiger partial charge on any atom is 0.138 e. The molecule has 0 aliphatic rings. The van der Waals surface area contributed by atoms with Crippen molar-refractivity contribution in [2.75, 3.05) is 7.11 Å². The van der Waals surface area contributed by atoms with E-state index >= 15 is 0 Å². The Morgan fingerprint density at radius 1 is 0.963 bits per heavy atom. The zero-order valence-electron chi connectivity index (χ0n) is 16.5. The Labute approximate surface area is 161 Å². The van der Waals surface area contributed by atoms with E-state index in [1.165, 1.54) is 11.1 Å². The van der Waals surface area contributed by atoms with Crippen molar-refractivity contribution in [1.82, 2.24) is 0 Å². The van der Waals surface area contributed by atoms with Crippen LogP contribution in [0.4, 0.5) is 0 Å². The first-order valence-corrected chi connectivity index (χ1v) is 9.17. The van der Waals surface area contributed by atoms with Gasteiger partial charge in [0.1, 0.15) is 17.3 Å². The molecule has 1 heterocycles. The van der Waals surface area contributed by atoms with Gasteiger partial charge in [-0.05, 0) is 56.0 Å². The van der Waals surface area contributed by atoms with E-state index in [0.717, 1.165) is 45.9 Å². The van der Waals surface area contributed by atoms with Gasteiger partial charge in [0.25, 0.3) is 0 Å². The minimum atomic E-state index is 0.775. The smallest absolute Gasteiger partial charge is 0.138 e. The Kier molecular flexibility index (Phi) is 5.66. The topological polar surface area (TPSA) is 22.4 Å². The van der Waals surface area contributed by atoms with E-state index < -0.39 is 0 Å². The summed E-state index contributed by atoms with van der Waals surface area (Å²) < 4.78 is 11.7. The normalized spacial score (nSPS) is 10.5. The van der Waals surface area contributed by atoms with Gasteiger partial charge in [0.15, 0.2) is 0 Å². The second kappa shape index (κ2) is 8.13. The van der Waals surface area contributed by atoms with Gasteiger partial charge in [0.05, 0.1) is 7.11 Å². The second-order valence-corrected chi connectivity index (χ2v) is 6.80. The van der Waals surface area contributed by atoms with Gasteiger partial charge in [-0.3, -0.25) is 0 Å².